The van der Waals surface area contributed by atoms with E-state index in [0.29, 0.717) is 0 Å². The number of benzene rings is 1. The molecule has 1 nitrogen and oxygen atoms in total. The van der Waals surface area contributed by atoms with Crippen molar-refractivity contribution in [2.24, 2.45) is 0 Å². The molecule has 1 rings (SSSR count). The van der Waals surface area contributed by atoms with Crippen molar-refractivity contribution in [1.82, 2.24) is 0 Å². The van der Waals surface area contributed by atoms with Crippen LogP contribution in [0.15, 0.2) is 30.8 Å². The summed E-state index contributed by atoms with van der Waals surface area (Å²) >= 11 is 0. The molecule has 0 amide bonds. The molecule has 0 atom stereocenters. The second kappa shape index (κ2) is 6.02. The Bertz CT molecular complexity index is 344. The van der Waals surface area contributed by atoms with Crippen molar-refractivity contribution < 1.29 is 4.43 Å². The molecule has 16 heavy (non-hydrogen) atoms. The van der Waals surface area contributed by atoms with Crippen molar-refractivity contribution in [2.75, 3.05) is 0 Å². The van der Waals surface area contributed by atoms with Crippen LogP contribution in [-0.2, 0) is 4.43 Å². The number of hydrogen-bond acceptors (Lipinski definition) is 1. The summed E-state index contributed by atoms with van der Waals surface area (Å²) in [6.07, 6.45) is 4.18. The fourth-order valence-corrected chi connectivity index (χ4v) is 3.02. The van der Waals surface area contributed by atoms with Crippen LogP contribution in [0.5, 0.6) is 0 Å². The molecule has 0 saturated carbocycles. The Morgan fingerprint density at radius 1 is 1.44 bits per heavy atom. The molecular formula is C14H22OSi. The summed E-state index contributed by atoms with van der Waals surface area (Å²) in [5.41, 5.74) is 1.22. The van der Waals surface area contributed by atoms with Crippen LogP contribution in [0.2, 0.25) is 0 Å². The monoisotopic (exact) mass is 234 g/mol. The quantitative estimate of drug-likeness (QED) is 0.688. The SMILES string of the molecule is C=Cc1cccc([SiH2]OC(C)(C)CCC)c1. The predicted molar refractivity (Wildman–Crippen MR) is 74.8 cm³/mol. The van der Waals surface area contributed by atoms with Crippen LogP contribution in [0.4, 0.5) is 0 Å². The van der Waals surface area contributed by atoms with Gasteiger partial charge in [-0.3, -0.25) is 0 Å². The molecule has 0 aliphatic heterocycles. The molecule has 0 heterocycles. The standard InChI is InChI=1S/C14H22OSi/c1-5-10-14(3,4)15-16-13-9-7-8-12(6-2)11-13/h6-9,11H,2,5,10,16H2,1,3-4H3. The normalized spacial score (nSPS) is 12.2. The van der Waals surface area contributed by atoms with Crippen molar-refractivity contribution in [3.8, 4) is 0 Å². The maximum atomic E-state index is 6.06. The van der Waals surface area contributed by atoms with Crippen molar-refractivity contribution in [3.63, 3.8) is 0 Å². The van der Waals surface area contributed by atoms with E-state index < -0.39 is 9.76 Å². The van der Waals surface area contributed by atoms with Crippen LogP contribution < -0.4 is 5.19 Å². The minimum atomic E-state index is -0.614. The number of hydrogen-bond donors (Lipinski definition) is 0. The third kappa shape index (κ3) is 4.33. The van der Waals surface area contributed by atoms with Gasteiger partial charge in [0.25, 0.3) is 0 Å². The van der Waals surface area contributed by atoms with Crippen molar-refractivity contribution >= 4 is 21.0 Å². The van der Waals surface area contributed by atoms with Gasteiger partial charge in [0.1, 0.15) is 0 Å². The van der Waals surface area contributed by atoms with Gasteiger partial charge in [-0.1, -0.05) is 50.3 Å². The van der Waals surface area contributed by atoms with E-state index in [1.807, 2.05) is 6.08 Å². The summed E-state index contributed by atoms with van der Waals surface area (Å²) in [5, 5.41) is 1.35. The predicted octanol–water partition coefficient (Wildman–Crippen LogP) is 2.63. The highest BCUT2D eigenvalue weighted by Crippen LogP contribution is 2.15. The summed E-state index contributed by atoms with van der Waals surface area (Å²) < 4.78 is 6.06. The Kier molecular flexibility index (Phi) is 4.96. The largest absolute Gasteiger partial charge is 0.414 e. The van der Waals surface area contributed by atoms with E-state index in [2.05, 4.69) is 51.6 Å². The molecule has 1 aromatic carbocycles. The first kappa shape index (κ1) is 13.2. The van der Waals surface area contributed by atoms with E-state index in [1.54, 1.807) is 0 Å². The molecule has 0 aliphatic carbocycles. The first-order chi connectivity index (χ1) is 7.57. The van der Waals surface area contributed by atoms with E-state index in [1.165, 1.54) is 17.2 Å². The third-order valence-corrected chi connectivity index (χ3v) is 4.37. The van der Waals surface area contributed by atoms with Crippen molar-refractivity contribution in [1.29, 1.82) is 0 Å². The van der Waals surface area contributed by atoms with Gasteiger partial charge >= 0.3 is 0 Å². The third-order valence-electron chi connectivity index (χ3n) is 2.67. The smallest absolute Gasteiger partial charge is 0.193 e. The Morgan fingerprint density at radius 3 is 2.81 bits per heavy atom. The highest BCUT2D eigenvalue weighted by molar-refractivity contribution is 6.47. The molecule has 0 saturated heterocycles. The minimum Gasteiger partial charge on any atom is -0.414 e. The van der Waals surface area contributed by atoms with Gasteiger partial charge in [0.05, 0.1) is 5.60 Å². The molecular weight excluding hydrogens is 212 g/mol. The Hall–Kier alpha value is -0.863. The van der Waals surface area contributed by atoms with Crippen LogP contribution in [0, 0.1) is 0 Å². The minimum absolute atomic E-state index is 0.0329. The molecule has 1 aromatic rings. The maximum Gasteiger partial charge on any atom is 0.193 e. The zero-order valence-electron chi connectivity index (χ0n) is 10.6. The fraction of sp³-hybridized carbons (Fsp3) is 0.429. The second-order valence-corrected chi connectivity index (χ2v) is 6.14. The average molecular weight is 234 g/mol. The molecule has 0 bridgehead atoms. The maximum absolute atomic E-state index is 6.06. The van der Waals surface area contributed by atoms with Gasteiger partial charge in [0.2, 0.25) is 0 Å². The Morgan fingerprint density at radius 2 is 2.19 bits per heavy atom. The van der Waals surface area contributed by atoms with Gasteiger partial charge in [0.15, 0.2) is 9.76 Å². The van der Waals surface area contributed by atoms with Gasteiger partial charge in [-0.05, 0) is 31.0 Å². The van der Waals surface area contributed by atoms with E-state index in [9.17, 15) is 0 Å². The lowest BCUT2D eigenvalue weighted by Gasteiger charge is -2.25. The van der Waals surface area contributed by atoms with Gasteiger partial charge in [-0.25, -0.2) is 0 Å². The van der Waals surface area contributed by atoms with Crippen molar-refractivity contribution in [2.45, 2.75) is 39.2 Å². The van der Waals surface area contributed by atoms with Crippen LogP contribution in [0.25, 0.3) is 6.08 Å². The molecule has 0 fully saturated rings. The molecule has 0 spiro atoms. The van der Waals surface area contributed by atoms with Crippen LogP contribution in [0.3, 0.4) is 0 Å². The summed E-state index contributed by atoms with van der Waals surface area (Å²) in [5.74, 6) is 0. The fourth-order valence-electron chi connectivity index (χ4n) is 1.76. The first-order valence-electron chi connectivity index (χ1n) is 5.93. The van der Waals surface area contributed by atoms with Gasteiger partial charge in [0, 0.05) is 0 Å². The zero-order valence-corrected chi connectivity index (χ0v) is 12.0. The average Bonchev–Trinajstić information content (AvgIpc) is 2.27. The molecule has 0 aliphatic rings. The first-order valence-corrected chi connectivity index (χ1v) is 7.21. The summed E-state index contributed by atoms with van der Waals surface area (Å²) in [6.45, 7) is 10.3. The van der Waals surface area contributed by atoms with Gasteiger partial charge < -0.3 is 4.43 Å². The summed E-state index contributed by atoms with van der Waals surface area (Å²) in [7, 11) is -0.614. The molecule has 2 heteroatoms. The zero-order chi connectivity index (χ0) is 12.0. The number of rotatable bonds is 6. The Balaban J connectivity index is 2.57. The van der Waals surface area contributed by atoms with Crippen molar-refractivity contribution in [3.05, 3.63) is 36.4 Å². The Labute approximate surface area is 101 Å². The highest BCUT2D eigenvalue weighted by Gasteiger charge is 2.16. The van der Waals surface area contributed by atoms with E-state index in [0.717, 1.165) is 6.42 Å². The lowest BCUT2D eigenvalue weighted by atomic mass is 10.0. The van der Waals surface area contributed by atoms with E-state index in [4.69, 9.17) is 4.43 Å². The van der Waals surface area contributed by atoms with Crippen LogP contribution in [0.1, 0.15) is 39.2 Å². The van der Waals surface area contributed by atoms with Gasteiger partial charge in [-0.15, -0.1) is 0 Å². The van der Waals surface area contributed by atoms with Crippen LogP contribution in [-0.4, -0.2) is 15.4 Å². The molecule has 0 N–H and O–H groups in total. The lowest BCUT2D eigenvalue weighted by Crippen LogP contribution is -2.31. The second-order valence-electron chi connectivity index (χ2n) is 4.75. The van der Waals surface area contributed by atoms with E-state index >= 15 is 0 Å². The molecule has 88 valence electrons. The van der Waals surface area contributed by atoms with Gasteiger partial charge in [-0.2, -0.15) is 0 Å². The highest BCUT2D eigenvalue weighted by atomic mass is 28.2. The van der Waals surface area contributed by atoms with Crippen LogP contribution >= 0.6 is 0 Å². The lowest BCUT2D eigenvalue weighted by molar-refractivity contribution is 0.107. The molecule has 0 aromatic heterocycles. The molecule has 0 radical (unpaired) electrons. The topological polar surface area (TPSA) is 9.23 Å². The molecule has 0 unspecified atom stereocenters. The summed E-state index contributed by atoms with van der Waals surface area (Å²) in [6, 6.07) is 8.49. The summed E-state index contributed by atoms with van der Waals surface area (Å²) in [4.78, 5) is 0. The van der Waals surface area contributed by atoms with E-state index in [-0.39, 0.29) is 5.60 Å².